The fourth-order valence-corrected chi connectivity index (χ4v) is 4.02. The number of ketones is 1. The lowest BCUT2D eigenvalue weighted by Crippen LogP contribution is -2.20. The summed E-state index contributed by atoms with van der Waals surface area (Å²) < 4.78 is 12.2. The van der Waals surface area contributed by atoms with Gasteiger partial charge in [0.15, 0.2) is 17.0 Å². The number of hydrogen-bond donors (Lipinski definition) is 1. The van der Waals surface area contributed by atoms with E-state index in [4.69, 9.17) is 9.47 Å². The molecule has 0 aliphatic rings. The Balaban J connectivity index is 1.99. The predicted octanol–water partition coefficient (Wildman–Crippen LogP) is 3.98. The molecule has 0 aliphatic heterocycles. The van der Waals surface area contributed by atoms with Gasteiger partial charge in [0.1, 0.15) is 17.4 Å². The number of hydrogen-bond acceptors (Lipinski definition) is 6. The minimum Gasteiger partial charge on any atom is -0.493 e. The van der Waals surface area contributed by atoms with Crippen molar-refractivity contribution in [2.24, 2.45) is 0 Å². The smallest absolute Gasteiger partial charge is 0.277 e. The van der Waals surface area contributed by atoms with E-state index in [2.05, 4.69) is 22.0 Å². The summed E-state index contributed by atoms with van der Waals surface area (Å²) in [7, 11) is 3.16. The largest absolute Gasteiger partial charge is 0.493 e. The molecule has 0 radical (unpaired) electrons. The third kappa shape index (κ3) is 5.00. The number of imidazole rings is 1. The average molecular weight is 441 g/mol. The molecule has 1 N–H and O–H groups in total. The Bertz CT molecular complexity index is 1150. The van der Waals surface area contributed by atoms with Crippen molar-refractivity contribution < 1.29 is 14.3 Å². The number of aryl methyl sites for hydroxylation is 1. The normalized spacial score (nSPS) is 12.2. The quantitative estimate of drug-likeness (QED) is 0.453. The summed E-state index contributed by atoms with van der Waals surface area (Å²) in [6, 6.07) is 5.58. The maximum Gasteiger partial charge on any atom is 0.277 e. The number of Topliss-reactive ketones (excluding diaryl/α,β-unsaturated/α-hetero) is 1. The van der Waals surface area contributed by atoms with Crippen LogP contribution < -0.4 is 15.0 Å². The van der Waals surface area contributed by atoms with Crippen molar-refractivity contribution in [3.8, 4) is 11.5 Å². The van der Waals surface area contributed by atoms with Crippen LogP contribution in [0.4, 0.5) is 0 Å². The van der Waals surface area contributed by atoms with Crippen LogP contribution in [0.2, 0.25) is 0 Å². The first-order valence-corrected chi connectivity index (χ1v) is 11.1. The first-order valence-electron chi connectivity index (χ1n) is 11.1. The molecule has 0 saturated carbocycles. The number of fused-ring (bicyclic) bond motifs is 1. The molecule has 3 aromatic rings. The Kier molecular flexibility index (Phi) is 7.66. The number of rotatable bonds is 11. The summed E-state index contributed by atoms with van der Waals surface area (Å²) in [5.41, 5.74) is 1.60. The van der Waals surface area contributed by atoms with Crippen LogP contribution in [0.5, 0.6) is 11.5 Å². The number of nitrogens with zero attached hydrogens (tertiary/aromatic N) is 3. The molecule has 3 rings (SSSR count). The van der Waals surface area contributed by atoms with Gasteiger partial charge in [0.05, 0.1) is 25.8 Å². The molecular formula is C24H32N4O4. The number of benzene rings is 1. The van der Waals surface area contributed by atoms with E-state index in [9.17, 15) is 9.59 Å². The molecule has 0 bridgehead atoms. The Morgan fingerprint density at radius 1 is 1.16 bits per heavy atom. The molecule has 32 heavy (non-hydrogen) atoms. The fraction of sp³-hybridized carbons (Fsp3) is 0.500. The highest BCUT2D eigenvalue weighted by Crippen LogP contribution is 2.28. The van der Waals surface area contributed by atoms with E-state index in [1.54, 1.807) is 32.6 Å². The lowest BCUT2D eigenvalue weighted by molar-refractivity contribution is -0.118. The minimum absolute atomic E-state index is 0.0388. The van der Waals surface area contributed by atoms with Crippen LogP contribution in [0.15, 0.2) is 23.0 Å². The fourth-order valence-electron chi connectivity index (χ4n) is 4.02. The first-order chi connectivity index (χ1) is 15.4. The molecule has 172 valence electrons. The van der Waals surface area contributed by atoms with Gasteiger partial charge in [0, 0.05) is 6.42 Å². The molecule has 2 aromatic heterocycles. The van der Waals surface area contributed by atoms with Crippen molar-refractivity contribution in [1.29, 1.82) is 0 Å². The highest BCUT2D eigenvalue weighted by molar-refractivity contribution is 5.82. The number of carbonyl (C=O) groups excluding carboxylic acids is 1. The van der Waals surface area contributed by atoms with Crippen molar-refractivity contribution in [1.82, 2.24) is 19.6 Å². The molecule has 1 unspecified atom stereocenters. The van der Waals surface area contributed by atoms with Crippen LogP contribution in [0.25, 0.3) is 5.52 Å². The van der Waals surface area contributed by atoms with Crippen molar-refractivity contribution >= 4 is 11.3 Å². The summed E-state index contributed by atoms with van der Waals surface area (Å²) in [5, 5.41) is 4.67. The topological polar surface area (TPSA) is 98.6 Å². The van der Waals surface area contributed by atoms with E-state index >= 15 is 0 Å². The Morgan fingerprint density at radius 3 is 2.56 bits per heavy atom. The van der Waals surface area contributed by atoms with Crippen LogP contribution in [0.3, 0.4) is 0 Å². The van der Waals surface area contributed by atoms with E-state index in [-0.39, 0.29) is 17.3 Å². The van der Waals surface area contributed by atoms with Gasteiger partial charge in [-0.15, -0.1) is 0 Å². The van der Waals surface area contributed by atoms with Gasteiger partial charge in [-0.2, -0.15) is 5.10 Å². The maximum atomic E-state index is 12.9. The summed E-state index contributed by atoms with van der Waals surface area (Å²) in [6.45, 7) is 5.51. The lowest BCUT2D eigenvalue weighted by atomic mass is 9.96. The summed E-state index contributed by atoms with van der Waals surface area (Å²) >= 11 is 0. The second-order valence-corrected chi connectivity index (χ2v) is 8.10. The van der Waals surface area contributed by atoms with Gasteiger partial charge >= 0.3 is 0 Å². The van der Waals surface area contributed by atoms with E-state index < -0.39 is 0 Å². The number of methoxy groups -OCH3 is 2. The number of aromatic amines is 1. The van der Waals surface area contributed by atoms with E-state index in [1.165, 1.54) is 0 Å². The number of aromatic nitrogens is 4. The predicted molar refractivity (Wildman–Crippen MR) is 123 cm³/mol. The molecule has 0 saturated heterocycles. The molecule has 1 aromatic carbocycles. The molecule has 0 amide bonds. The van der Waals surface area contributed by atoms with Crippen molar-refractivity contribution in [3.05, 3.63) is 51.5 Å². The Labute approximate surface area is 188 Å². The average Bonchev–Trinajstić information content (AvgIpc) is 3.09. The zero-order valence-corrected chi connectivity index (χ0v) is 19.5. The van der Waals surface area contributed by atoms with Gasteiger partial charge in [-0.3, -0.25) is 9.59 Å². The maximum absolute atomic E-state index is 12.9. The Hall–Kier alpha value is -3.16. The second kappa shape index (κ2) is 10.4. The van der Waals surface area contributed by atoms with Gasteiger partial charge < -0.3 is 14.5 Å². The molecule has 0 fully saturated rings. The number of carbonyl (C=O) groups is 1. The lowest BCUT2D eigenvalue weighted by Gasteiger charge is -2.13. The third-order valence-corrected chi connectivity index (χ3v) is 5.72. The van der Waals surface area contributed by atoms with Crippen molar-refractivity contribution in [2.45, 2.75) is 65.2 Å². The number of H-pyrrole nitrogens is 1. The molecule has 2 heterocycles. The zero-order valence-electron chi connectivity index (χ0n) is 19.5. The summed E-state index contributed by atoms with van der Waals surface area (Å²) in [5.74, 6) is 1.93. The van der Waals surface area contributed by atoms with Crippen LogP contribution in [0.1, 0.15) is 74.8 Å². The van der Waals surface area contributed by atoms with Gasteiger partial charge in [-0.25, -0.2) is 9.50 Å². The summed E-state index contributed by atoms with van der Waals surface area (Å²) in [6.07, 6.45) is 5.37. The first kappa shape index (κ1) is 23.5. The van der Waals surface area contributed by atoms with Gasteiger partial charge in [-0.1, -0.05) is 38.7 Å². The third-order valence-electron chi connectivity index (χ3n) is 5.72. The monoisotopic (exact) mass is 440 g/mol. The van der Waals surface area contributed by atoms with E-state index in [0.29, 0.717) is 47.2 Å². The van der Waals surface area contributed by atoms with Crippen molar-refractivity contribution in [2.75, 3.05) is 14.2 Å². The molecule has 1 atom stereocenters. The van der Waals surface area contributed by atoms with E-state index in [1.807, 2.05) is 18.2 Å². The zero-order chi connectivity index (χ0) is 23.3. The summed E-state index contributed by atoms with van der Waals surface area (Å²) in [4.78, 5) is 32.8. The second-order valence-electron chi connectivity index (χ2n) is 8.10. The molecule has 0 aliphatic carbocycles. The highest BCUT2D eigenvalue weighted by atomic mass is 16.5. The van der Waals surface area contributed by atoms with Crippen LogP contribution in [0, 0.1) is 6.92 Å². The molecular weight excluding hydrogens is 408 g/mol. The van der Waals surface area contributed by atoms with Crippen LogP contribution >= 0.6 is 0 Å². The van der Waals surface area contributed by atoms with Gasteiger partial charge in [0.2, 0.25) is 0 Å². The van der Waals surface area contributed by atoms with Crippen LogP contribution in [-0.4, -0.2) is 39.6 Å². The Morgan fingerprint density at radius 2 is 1.91 bits per heavy atom. The van der Waals surface area contributed by atoms with Crippen molar-refractivity contribution in [3.63, 3.8) is 0 Å². The molecule has 8 nitrogen and oxygen atoms in total. The van der Waals surface area contributed by atoms with E-state index in [0.717, 1.165) is 31.2 Å². The number of nitrogens with one attached hydrogen (secondary N) is 1. The standard InChI is InChI=1S/C24H32N4O4/c1-6-7-8-9-10-18(16(3)29)23-25-15(2)22-24(30)26-21(27-28(22)23)14-17-11-12-19(31-4)20(13-17)32-5/h11-13,18H,6-10,14H2,1-5H3,(H,26,27,30). The van der Waals surface area contributed by atoms with Gasteiger partial charge in [-0.05, 0) is 38.0 Å². The SMILES string of the molecule is CCCCCCC(C(C)=O)c1nc(C)c2c(=O)[nH]c(Cc3ccc(OC)c(OC)c3)nn12. The highest BCUT2D eigenvalue weighted by Gasteiger charge is 2.25. The molecule has 8 heteroatoms. The van der Waals surface area contributed by atoms with Crippen LogP contribution in [-0.2, 0) is 11.2 Å². The number of unbranched alkanes of at least 4 members (excludes halogenated alkanes) is 3. The number of ether oxygens (including phenoxy) is 2. The minimum atomic E-state index is -0.378. The molecule has 0 spiro atoms. The van der Waals surface area contributed by atoms with Gasteiger partial charge in [0.25, 0.3) is 5.56 Å².